The summed E-state index contributed by atoms with van der Waals surface area (Å²) in [6.07, 6.45) is 2.38. The second-order valence-corrected chi connectivity index (χ2v) is 15.9. The van der Waals surface area contributed by atoms with Gasteiger partial charge in [-0.2, -0.15) is 41.6 Å². The first-order valence-corrected chi connectivity index (χ1v) is 20.2. The molecular weight excluding hydrogens is 744 g/mol. The van der Waals surface area contributed by atoms with Gasteiger partial charge in [-0.15, -0.1) is 74.6 Å². The summed E-state index contributed by atoms with van der Waals surface area (Å²) >= 11 is 0. The molecule has 3 radical (unpaired) electrons. The van der Waals surface area contributed by atoms with Crippen LogP contribution in [-0.4, -0.2) is 9.52 Å². The van der Waals surface area contributed by atoms with Crippen molar-refractivity contribution < 1.29 is 26.2 Å². The van der Waals surface area contributed by atoms with Gasteiger partial charge in [0.2, 0.25) is 0 Å². The van der Waals surface area contributed by atoms with Crippen molar-refractivity contribution in [2.45, 2.75) is 66.2 Å². The maximum atomic E-state index is 3.31. The summed E-state index contributed by atoms with van der Waals surface area (Å²) in [6, 6.07) is 58.2. The van der Waals surface area contributed by atoms with E-state index in [9.17, 15) is 0 Å². The van der Waals surface area contributed by atoms with Crippen LogP contribution in [0.4, 0.5) is 0 Å². The molecule has 0 saturated heterocycles. The Labute approximate surface area is 345 Å². The average molecular weight is 793 g/mol. The zero-order chi connectivity index (χ0) is 36.9. The molecule has 2 atom stereocenters. The summed E-state index contributed by atoms with van der Waals surface area (Å²) in [5.74, 6) is 1.26. The molecule has 8 aromatic carbocycles. The van der Waals surface area contributed by atoms with E-state index in [4.69, 9.17) is 0 Å². The number of fused-ring (bicyclic) bond motifs is 5. The van der Waals surface area contributed by atoms with E-state index in [-0.39, 0.29) is 26.2 Å². The van der Waals surface area contributed by atoms with Gasteiger partial charge in [-0.25, -0.2) is 0 Å². The molecule has 9 rings (SSSR count). The third kappa shape index (κ3) is 8.31. The number of hydrogen-bond donors (Lipinski definition) is 0. The molecule has 1 aliphatic heterocycles. The van der Waals surface area contributed by atoms with Crippen molar-refractivity contribution in [3.8, 4) is 33.4 Å². The molecule has 2 unspecified atom stereocenters. The fourth-order valence-corrected chi connectivity index (χ4v) is 8.81. The van der Waals surface area contributed by atoms with E-state index in [0.717, 1.165) is 9.52 Å². The summed E-state index contributed by atoms with van der Waals surface area (Å²) < 4.78 is 0. The van der Waals surface area contributed by atoms with Gasteiger partial charge in [-0.05, 0) is 47.9 Å². The fraction of sp³-hybridized carbons (Fsp3) is 0.192. The van der Waals surface area contributed by atoms with Gasteiger partial charge in [-0.1, -0.05) is 147 Å². The summed E-state index contributed by atoms with van der Waals surface area (Å²) in [6.45, 7) is 13.5. The van der Waals surface area contributed by atoms with Gasteiger partial charge < -0.3 is 0 Å². The van der Waals surface area contributed by atoms with E-state index in [1.54, 1.807) is 0 Å². The van der Waals surface area contributed by atoms with Crippen LogP contribution in [0, 0.1) is 19.9 Å². The smallest absolute Gasteiger partial charge is 0.184 e. The third-order valence-electron chi connectivity index (χ3n) is 11.1. The van der Waals surface area contributed by atoms with E-state index in [2.05, 4.69) is 193 Å². The minimum absolute atomic E-state index is 0. The van der Waals surface area contributed by atoms with Crippen molar-refractivity contribution >= 4 is 41.4 Å². The molecule has 0 nitrogen and oxygen atoms in total. The predicted octanol–water partition coefficient (Wildman–Crippen LogP) is 13.2. The maximum Gasteiger partial charge on any atom is 3.00 e. The molecule has 0 spiro atoms. The van der Waals surface area contributed by atoms with Crippen molar-refractivity contribution in [3.63, 3.8) is 0 Å². The largest absolute Gasteiger partial charge is 3.00 e. The average Bonchev–Trinajstić information content (AvgIpc) is 3.94. The molecule has 1 heterocycles. The molecule has 2 heteroatoms. The summed E-state index contributed by atoms with van der Waals surface area (Å²) in [4.78, 5) is 0. The molecule has 0 amide bonds. The third-order valence-corrected chi connectivity index (χ3v) is 12.5. The Morgan fingerprint density at radius 3 is 1.46 bits per heavy atom. The molecule has 0 fully saturated rings. The van der Waals surface area contributed by atoms with Gasteiger partial charge in [0.15, 0.2) is 0 Å². The minimum atomic E-state index is 0. The van der Waals surface area contributed by atoms with Crippen LogP contribution in [0.25, 0.3) is 54.9 Å². The fourth-order valence-electron chi connectivity index (χ4n) is 7.50. The molecule has 265 valence electrons. The first kappa shape index (κ1) is 39.3. The Balaban J connectivity index is 0.000000140. The summed E-state index contributed by atoms with van der Waals surface area (Å²) in [5, 5.41) is 8.32. The van der Waals surface area contributed by atoms with E-state index in [0.29, 0.717) is 11.8 Å². The van der Waals surface area contributed by atoms with Crippen LogP contribution in [0.3, 0.4) is 0 Å². The Kier molecular flexibility index (Phi) is 13.0. The number of benzene rings is 6. The van der Waals surface area contributed by atoms with Gasteiger partial charge in [-0.3, -0.25) is 0 Å². The number of hydrogen-bond acceptors (Lipinski definition) is 0. The van der Waals surface area contributed by atoms with Crippen molar-refractivity contribution in [3.05, 3.63) is 180 Å². The van der Waals surface area contributed by atoms with E-state index < -0.39 is 0 Å². The SMILES string of the molecule is CCC(C)c1cc2c(-c3ccccc3C)cccc2[cH-]1.CCC(C)c1cc2c(-c3ccccc3C)cccc2[cH-]1.[Zr+3].[c-]1cccc2c1[Si]c1ccccc1-2. The Morgan fingerprint density at radius 2 is 0.963 bits per heavy atom. The van der Waals surface area contributed by atoms with Gasteiger partial charge in [0.05, 0.1) is 9.52 Å². The molecule has 0 N–H and O–H groups in total. The minimum Gasteiger partial charge on any atom is -0.184 e. The van der Waals surface area contributed by atoms with Crippen molar-refractivity contribution in [2.75, 3.05) is 0 Å². The molecule has 0 aliphatic carbocycles. The zero-order valence-electron chi connectivity index (χ0n) is 32.5. The van der Waals surface area contributed by atoms with Gasteiger partial charge in [0.25, 0.3) is 0 Å². The predicted molar refractivity (Wildman–Crippen MR) is 233 cm³/mol. The molecular formula is C52H49SiZr. The standard InChI is InChI=1S/2C20H21.C12H7Si.Zr/c2*1-4-14(2)17-12-16-9-7-11-19(20(16)13-17)18-10-6-5-8-15(18)3;1-3-7-11-9(5-1)10-6-2-4-8-12(10)13-11;/h2*5-14H,4H2,1-3H3;1-7H;/q3*-1;+3. The van der Waals surface area contributed by atoms with Gasteiger partial charge >= 0.3 is 26.2 Å². The zero-order valence-corrected chi connectivity index (χ0v) is 36.0. The van der Waals surface area contributed by atoms with Crippen LogP contribution in [0.2, 0.25) is 0 Å². The first-order valence-electron chi connectivity index (χ1n) is 19.2. The topological polar surface area (TPSA) is 0 Å². The molecule has 0 aromatic heterocycles. The second kappa shape index (κ2) is 17.9. The van der Waals surface area contributed by atoms with Crippen LogP contribution in [-0.2, 0) is 26.2 Å². The normalized spacial score (nSPS) is 12.4. The van der Waals surface area contributed by atoms with Crippen LogP contribution >= 0.6 is 0 Å². The van der Waals surface area contributed by atoms with Crippen molar-refractivity contribution in [1.29, 1.82) is 0 Å². The van der Waals surface area contributed by atoms with E-state index in [1.165, 1.54) is 100 Å². The Hall–Kier alpha value is -4.36. The molecule has 54 heavy (non-hydrogen) atoms. The van der Waals surface area contributed by atoms with Crippen LogP contribution in [0.15, 0.2) is 152 Å². The monoisotopic (exact) mass is 791 g/mol. The second-order valence-electron chi connectivity index (χ2n) is 14.6. The summed E-state index contributed by atoms with van der Waals surface area (Å²) in [5.41, 5.74) is 13.8. The van der Waals surface area contributed by atoms with E-state index in [1.807, 2.05) is 6.07 Å². The van der Waals surface area contributed by atoms with Gasteiger partial charge in [0.1, 0.15) is 0 Å². The molecule has 0 saturated carbocycles. The number of rotatable bonds is 6. The first-order chi connectivity index (χ1) is 25.9. The van der Waals surface area contributed by atoms with E-state index >= 15 is 0 Å². The quantitative estimate of drug-likeness (QED) is 0.116. The van der Waals surface area contributed by atoms with Crippen LogP contribution < -0.4 is 10.4 Å². The van der Waals surface area contributed by atoms with Gasteiger partial charge in [0, 0.05) is 0 Å². The van der Waals surface area contributed by atoms with Crippen molar-refractivity contribution in [1.82, 2.24) is 0 Å². The van der Waals surface area contributed by atoms with Crippen molar-refractivity contribution in [2.24, 2.45) is 0 Å². The molecule has 0 bridgehead atoms. The Bertz CT molecular complexity index is 2300. The Morgan fingerprint density at radius 1 is 0.519 bits per heavy atom. The summed E-state index contributed by atoms with van der Waals surface area (Å²) in [7, 11) is 0.795. The molecule has 8 aromatic rings. The molecule has 1 aliphatic rings. The number of aryl methyl sites for hydroxylation is 2. The van der Waals surface area contributed by atoms with Crippen LogP contribution in [0.5, 0.6) is 0 Å². The van der Waals surface area contributed by atoms with Crippen LogP contribution in [0.1, 0.15) is 74.6 Å². The maximum absolute atomic E-state index is 3.31.